The predicted octanol–water partition coefficient (Wildman–Crippen LogP) is 14.5. The minimum absolute atomic E-state index is 0.00110. The first-order valence-electron chi connectivity index (χ1n) is 24.3. The van der Waals surface area contributed by atoms with Crippen molar-refractivity contribution in [3.63, 3.8) is 0 Å². The number of carbonyl (C=O) groups is 2. The fourth-order valence-corrected chi connectivity index (χ4v) is 6.45. The molecule has 344 valence electrons. The summed E-state index contributed by atoms with van der Waals surface area (Å²) in [4.78, 5) is 26.0. The molecule has 0 aromatic carbocycles. The average molecular weight is 844 g/mol. The van der Waals surface area contributed by atoms with E-state index in [4.69, 9.17) is 4.74 Å². The maximum Gasteiger partial charge on any atom is 0.306 e. The summed E-state index contributed by atoms with van der Waals surface area (Å²) < 4.78 is 5.84. The van der Waals surface area contributed by atoms with Gasteiger partial charge in [-0.05, 0) is 96.3 Å². The maximum atomic E-state index is 13.1. The summed E-state index contributed by atoms with van der Waals surface area (Å²) in [6, 6.07) is -0.740. The molecule has 0 saturated carbocycles. The standard InChI is InChI=1S/C55H89NO5/c1-4-7-10-13-16-19-21-23-25-26-27-28-29-31-33-36-39-42-45-48-55(60)61-51(46-43-40-37-35-32-30-24-22-20-17-14-11-8-5-2)49-54(59)56-52(50-57)53(58)47-44-41-38-34-18-15-12-9-6-3/h7-8,10-11,16-17,19-20,23-25,27-28,30-31,33,35,37,39,42,51-53,57-58H,4-6,9,12-15,18,21-22,26,29,32,34,36,38,40-41,43-50H2,1-3H3,(H,56,59)/b10-7-,11-8+,19-16-,20-17+,25-23-,28-27-,30-24+,33-31-,37-35+,42-39-. The number of nitrogens with one attached hydrogen (secondary N) is 1. The fourth-order valence-electron chi connectivity index (χ4n) is 6.45. The molecule has 0 aliphatic carbocycles. The van der Waals surface area contributed by atoms with Gasteiger partial charge < -0.3 is 20.3 Å². The van der Waals surface area contributed by atoms with Crippen molar-refractivity contribution in [3.05, 3.63) is 122 Å². The highest BCUT2D eigenvalue weighted by atomic mass is 16.5. The molecule has 0 aliphatic rings. The molecule has 0 aromatic heterocycles. The van der Waals surface area contributed by atoms with Crippen LogP contribution in [0.5, 0.6) is 0 Å². The second-order valence-corrected chi connectivity index (χ2v) is 15.7. The van der Waals surface area contributed by atoms with E-state index in [1.807, 2.05) is 6.08 Å². The third-order valence-corrected chi connectivity index (χ3v) is 10.0. The van der Waals surface area contributed by atoms with E-state index in [2.05, 4.69) is 142 Å². The molecule has 1 amide bonds. The number of allylic oxidation sites excluding steroid dienone is 20. The summed E-state index contributed by atoms with van der Waals surface area (Å²) in [5.41, 5.74) is 0. The van der Waals surface area contributed by atoms with Crippen LogP contribution in [0.15, 0.2) is 122 Å². The Kier molecular flexibility index (Phi) is 44.4. The van der Waals surface area contributed by atoms with Gasteiger partial charge >= 0.3 is 5.97 Å². The molecule has 0 heterocycles. The lowest BCUT2D eigenvalue weighted by atomic mass is 10.0. The Bertz CT molecular complexity index is 1310. The molecular formula is C55H89NO5. The Morgan fingerprint density at radius 1 is 0.492 bits per heavy atom. The first-order chi connectivity index (χ1) is 30.0. The molecule has 61 heavy (non-hydrogen) atoms. The zero-order valence-corrected chi connectivity index (χ0v) is 39.0. The molecule has 0 aliphatic heterocycles. The van der Waals surface area contributed by atoms with Gasteiger partial charge in [0.05, 0.1) is 25.2 Å². The van der Waals surface area contributed by atoms with Crippen LogP contribution in [0.1, 0.15) is 188 Å². The Morgan fingerprint density at radius 3 is 1.31 bits per heavy atom. The van der Waals surface area contributed by atoms with Gasteiger partial charge in [0.1, 0.15) is 6.10 Å². The number of hydrogen-bond donors (Lipinski definition) is 3. The van der Waals surface area contributed by atoms with E-state index in [9.17, 15) is 19.8 Å². The van der Waals surface area contributed by atoms with Crippen molar-refractivity contribution >= 4 is 11.9 Å². The second-order valence-electron chi connectivity index (χ2n) is 15.7. The highest BCUT2D eigenvalue weighted by Gasteiger charge is 2.23. The van der Waals surface area contributed by atoms with Crippen LogP contribution in [-0.2, 0) is 14.3 Å². The van der Waals surface area contributed by atoms with Crippen LogP contribution >= 0.6 is 0 Å². The van der Waals surface area contributed by atoms with Gasteiger partial charge in [0.15, 0.2) is 0 Å². The zero-order chi connectivity index (χ0) is 44.5. The van der Waals surface area contributed by atoms with Crippen LogP contribution in [0.3, 0.4) is 0 Å². The number of aliphatic hydroxyl groups is 2. The molecule has 0 rings (SSSR count). The number of esters is 1. The normalized spacial score (nSPS) is 14.4. The summed E-state index contributed by atoms with van der Waals surface area (Å²) in [5.74, 6) is -0.645. The van der Waals surface area contributed by atoms with Gasteiger partial charge in [-0.25, -0.2) is 0 Å². The first-order valence-corrected chi connectivity index (χ1v) is 24.3. The van der Waals surface area contributed by atoms with Crippen LogP contribution in [0.2, 0.25) is 0 Å². The monoisotopic (exact) mass is 844 g/mol. The summed E-state index contributed by atoms with van der Waals surface area (Å²) >= 11 is 0. The quantitative estimate of drug-likeness (QED) is 0.0324. The minimum atomic E-state index is -0.820. The molecule has 3 atom stereocenters. The number of ether oxygens (including phenoxy) is 1. The van der Waals surface area contributed by atoms with Crippen molar-refractivity contribution < 1.29 is 24.5 Å². The van der Waals surface area contributed by atoms with E-state index in [0.717, 1.165) is 96.3 Å². The van der Waals surface area contributed by atoms with Gasteiger partial charge in [-0.15, -0.1) is 0 Å². The summed E-state index contributed by atoms with van der Waals surface area (Å²) in [6.45, 7) is 6.18. The lowest BCUT2D eigenvalue weighted by Crippen LogP contribution is -2.46. The van der Waals surface area contributed by atoms with Gasteiger partial charge in [-0.3, -0.25) is 9.59 Å². The summed E-state index contributed by atoms with van der Waals surface area (Å²) in [6.07, 6.45) is 65.6. The molecule has 3 N–H and O–H groups in total. The van der Waals surface area contributed by atoms with Crippen LogP contribution in [0.4, 0.5) is 0 Å². The predicted molar refractivity (Wildman–Crippen MR) is 263 cm³/mol. The maximum absolute atomic E-state index is 13.1. The number of amides is 1. The minimum Gasteiger partial charge on any atom is -0.462 e. The first kappa shape index (κ1) is 57.3. The third-order valence-electron chi connectivity index (χ3n) is 10.0. The van der Waals surface area contributed by atoms with Gasteiger partial charge in [0.25, 0.3) is 0 Å². The average Bonchev–Trinajstić information content (AvgIpc) is 3.25. The number of hydrogen-bond acceptors (Lipinski definition) is 5. The van der Waals surface area contributed by atoms with Crippen molar-refractivity contribution in [1.29, 1.82) is 0 Å². The molecule has 0 spiro atoms. The van der Waals surface area contributed by atoms with E-state index < -0.39 is 18.2 Å². The number of aliphatic hydroxyl groups excluding tert-OH is 2. The zero-order valence-electron chi connectivity index (χ0n) is 39.0. The van der Waals surface area contributed by atoms with Crippen LogP contribution in [0, 0.1) is 0 Å². The van der Waals surface area contributed by atoms with E-state index in [1.54, 1.807) is 0 Å². The Hall–Kier alpha value is -3.74. The highest BCUT2D eigenvalue weighted by Crippen LogP contribution is 2.15. The summed E-state index contributed by atoms with van der Waals surface area (Å²) in [7, 11) is 0. The van der Waals surface area contributed by atoms with Crippen molar-refractivity contribution in [3.8, 4) is 0 Å². The van der Waals surface area contributed by atoms with Gasteiger partial charge in [0.2, 0.25) is 5.91 Å². The van der Waals surface area contributed by atoms with E-state index >= 15 is 0 Å². The van der Waals surface area contributed by atoms with Gasteiger partial charge in [-0.1, -0.05) is 200 Å². The third kappa shape index (κ3) is 42.7. The Morgan fingerprint density at radius 2 is 0.885 bits per heavy atom. The topological polar surface area (TPSA) is 95.9 Å². The molecule has 6 nitrogen and oxygen atoms in total. The SMILES string of the molecule is CC/C=C\C/C=C\C/C=C\C/C=C\C/C=C\C/C=C\CCC(=O)OC(CCC/C=C/C/C=C/C/C=C/C/C=C/CC)CC(=O)NC(CO)C(O)CCCCCCCCCCC. The van der Waals surface area contributed by atoms with E-state index in [1.165, 1.54) is 38.5 Å². The molecule has 0 radical (unpaired) electrons. The van der Waals surface area contributed by atoms with Crippen LogP contribution in [-0.4, -0.2) is 46.9 Å². The largest absolute Gasteiger partial charge is 0.462 e. The second kappa shape index (κ2) is 47.3. The Balaban J connectivity index is 4.82. The van der Waals surface area contributed by atoms with Gasteiger partial charge in [0, 0.05) is 6.42 Å². The number of rotatable bonds is 41. The molecule has 0 aromatic rings. The van der Waals surface area contributed by atoms with Crippen molar-refractivity contribution in [1.82, 2.24) is 5.32 Å². The van der Waals surface area contributed by atoms with Crippen molar-refractivity contribution in [2.75, 3.05) is 6.61 Å². The van der Waals surface area contributed by atoms with Crippen molar-refractivity contribution in [2.24, 2.45) is 0 Å². The lowest BCUT2D eigenvalue weighted by Gasteiger charge is -2.24. The summed E-state index contributed by atoms with van der Waals surface area (Å²) in [5, 5.41) is 23.6. The van der Waals surface area contributed by atoms with Crippen LogP contribution < -0.4 is 5.32 Å². The van der Waals surface area contributed by atoms with E-state index in [0.29, 0.717) is 19.3 Å². The van der Waals surface area contributed by atoms with E-state index in [-0.39, 0.29) is 31.3 Å². The highest BCUT2D eigenvalue weighted by molar-refractivity contribution is 5.77. The molecule has 0 fully saturated rings. The molecule has 6 heteroatoms. The Labute approximate surface area is 374 Å². The molecule has 3 unspecified atom stereocenters. The lowest BCUT2D eigenvalue weighted by molar-refractivity contribution is -0.150. The fraction of sp³-hybridized carbons (Fsp3) is 0.600. The molecule has 0 saturated heterocycles. The van der Waals surface area contributed by atoms with Gasteiger partial charge in [-0.2, -0.15) is 0 Å². The molecular weight excluding hydrogens is 755 g/mol. The van der Waals surface area contributed by atoms with Crippen LogP contribution in [0.25, 0.3) is 0 Å². The smallest absolute Gasteiger partial charge is 0.306 e. The molecule has 0 bridgehead atoms. The number of unbranched alkanes of at least 4 members (excludes halogenated alkanes) is 9. The number of carbonyl (C=O) groups excluding carboxylic acids is 2. The van der Waals surface area contributed by atoms with Crippen molar-refractivity contribution in [2.45, 2.75) is 206 Å².